The predicted octanol–water partition coefficient (Wildman–Crippen LogP) is 3.89. The van der Waals surface area contributed by atoms with Gasteiger partial charge >= 0.3 is 0 Å². The highest BCUT2D eigenvalue weighted by Crippen LogP contribution is 2.34. The van der Waals surface area contributed by atoms with Gasteiger partial charge in [0.05, 0.1) is 5.02 Å². The molecule has 0 aliphatic carbocycles. The van der Waals surface area contributed by atoms with Crippen LogP contribution in [0.1, 0.15) is 20.8 Å². The van der Waals surface area contributed by atoms with Crippen LogP contribution in [0.2, 0.25) is 5.02 Å². The fourth-order valence-corrected chi connectivity index (χ4v) is 4.11. The summed E-state index contributed by atoms with van der Waals surface area (Å²) in [5.74, 6) is -0.260. The topological polar surface area (TPSA) is 79.5 Å². The highest BCUT2D eigenvalue weighted by molar-refractivity contribution is 7.80. The van der Waals surface area contributed by atoms with Crippen LogP contribution in [-0.2, 0) is 4.79 Å². The van der Waals surface area contributed by atoms with Crippen molar-refractivity contribution in [3.05, 3.63) is 63.5 Å². The van der Waals surface area contributed by atoms with Gasteiger partial charge in [0, 0.05) is 10.1 Å². The molecule has 6 nitrogen and oxygen atoms in total. The first kappa shape index (κ1) is 21.0. The molecule has 0 spiro atoms. The lowest BCUT2D eigenvalue weighted by Crippen LogP contribution is -2.49. The van der Waals surface area contributed by atoms with Crippen LogP contribution in [0.4, 0.5) is 0 Å². The molecule has 0 saturated carbocycles. The monoisotopic (exact) mass is 447 g/mol. The zero-order chi connectivity index (χ0) is 21.0. The number of carbonyl (C=O) groups excluding carboxylic acids is 2. The van der Waals surface area contributed by atoms with Gasteiger partial charge in [-0.2, -0.15) is 0 Å². The van der Waals surface area contributed by atoms with E-state index in [4.69, 9.17) is 28.6 Å². The summed E-state index contributed by atoms with van der Waals surface area (Å²) < 4.78 is 6.43. The maximum atomic E-state index is 12.4. The van der Waals surface area contributed by atoms with E-state index in [1.807, 2.05) is 56.3 Å². The first-order valence-electron chi connectivity index (χ1n) is 8.62. The molecule has 0 atom stereocenters. The lowest BCUT2D eigenvalue weighted by atomic mass is 10.1. The molecule has 2 amide bonds. The van der Waals surface area contributed by atoms with E-state index in [0.717, 1.165) is 21.2 Å². The van der Waals surface area contributed by atoms with Crippen LogP contribution in [0.15, 0.2) is 42.5 Å². The molecular formula is C20H18ClN3O3S2. The van der Waals surface area contributed by atoms with Gasteiger partial charge in [-0.3, -0.25) is 25.8 Å². The zero-order valence-corrected chi connectivity index (χ0v) is 18.1. The molecule has 0 saturated heterocycles. The summed E-state index contributed by atoms with van der Waals surface area (Å²) in [6, 6.07) is 13.2. The Kier molecular flexibility index (Phi) is 6.68. The van der Waals surface area contributed by atoms with Crippen molar-refractivity contribution in [2.45, 2.75) is 13.8 Å². The normalized spacial score (nSPS) is 10.4. The van der Waals surface area contributed by atoms with E-state index >= 15 is 0 Å². The van der Waals surface area contributed by atoms with Gasteiger partial charge in [0.2, 0.25) is 0 Å². The number of ether oxygens (including phenoxy) is 1. The molecule has 0 aliphatic heterocycles. The Morgan fingerprint density at radius 1 is 1.14 bits per heavy atom. The van der Waals surface area contributed by atoms with Crippen LogP contribution in [0.3, 0.4) is 0 Å². The van der Waals surface area contributed by atoms with Crippen LogP contribution < -0.4 is 20.9 Å². The maximum Gasteiger partial charge on any atom is 0.281 e. The molecular weight excluding hydrogens is 430 g/mol. The molecule has 0 radical (unpaired) electrons. The van der Waals surface area contributed by atoms with E-state index in [1.165, 1.54) is 11.3 Å². The summed E-state index contributed by atoms with van der Waals surface area (Å²) in [6.07, 6.45) is 0. The average Bonchev–Trinajstić information content (AvgIpc) is 3.04. The quantitative estimate of drug-likeness (QED) is 0.417. The molecule has 1 heterocycles. The second-order valence-electron chi connectivity index (χ2n) is 6.26. The Balaban J connectivity index is 1.50. The third-order valence-corrected chi connectivity index (χ3v) is 5.86. The number of thiophene rings is 1. The fraction of sp³-hybridized carbons (Fsp3) is 0.150. The number of nitrogens with one attached hydrogen (secondary N) is 3. The van der Waals surface area contributed by atoms with E-state index in [9.17, 15) is 9.59 Å². The Morgan fingerprint density at radius 3 is 2.66 bits per heavy atom. The SMILES string of the molecule is Cc1ccc(C)c(OCC(=O)NC(=S)NNC(=O)c2sc3ccccc3c2Cl)c1. The number of amides is 2. The van der Waals surface area contributed by atoms with E-state index in [-0.39, 0.29) is 11.7 Å². The summed E-state index contributed by atoms with van der Waals surface area (Å²) in [5, 5.41) is 3.58. The molecule has 0 unspecified atom stereocenters. The van der Waals surface area contributed by atoms with E-state index in [2.05, 4.69) is 16.2 Å². The number of hydrogen-bond donors (Lipinski definition) is 3. The fourth-order valence-electron chi connectivity index (χ4n) is 2.53. The second kappa shape index (κ2) is 9.21. The smallest absolute Gasteiger partial charge is 0.281 e. The largest absolute Gasteiger partial charge is 0.483 e. The number of aryl methyl sites for hydroxylation is 2. The molecule has 9 heteroatoms. The Morgan fingerprint density at radius 2 is 1.90 bits per heavy atom. The lowest BCUT2D eigenvalue weighted by molar-refractivity contribution is -0.121. The summed E-state index contributed by atoms with van der Waals surface area (Å²) in [6.45, 7) is 3.63. The first-order chi connectivity index (χ1) is 13.8. The van der Waals surface area contributed by atoms with E-state index in [0.29, 0.717) is 15.6 Å². The van der Waals surface area contributed by atoms with Gasteiger partial charge in [-0.1, -0.05) is 41.9 Å². The van der Waals surface area contributed by atoms with Gasteiger partial charge in [-0.05, 0) is 49.3 Å². The van der Waals surface area contributed by atoms with E-state index < -0.39 is 11.8 Å². The second-order valence-corrected chi connectivity index (χ2v) is 8.09. The summed E-state index contributed by atoms with van der Waals surface area (Å²) in [5.41, 5.74) is 6.89. The number of carbonyl (C=O) groups is 2. The van der Waals surface area contributed by atoms with Gasteiger partial charge in [0.15, 0.2) is 11.7 Å². The Hall–Kier alpha value is -2.68. The van der Waals surface area contributed by atoms with Crippen molar-refractivity contribution in [3.8, 4) is 5.75 Å². The van der Waals surface area contributed by atoms with Crippen LogP contribution >= 0.6 is 35.2 Å². The highest BCUT2D eigenvalue weighted by Gasteiger charge is 2.17. The molecule has 3 rings (SSSR count). The van der Waals surface area contributed by atoms with Gasteiger partial charge in [-0.15, -0.1) is 11.3 Å². The number of halogens is 1. The predicted molar refractivity (Wildman–Crippen MR) is 120 cm³/mol. The van der Waals surface area contributed by atoms with Crippen molar-refractivity contribution in [2.24, 2.45) is 0 Å². The highest BCUT2D eigenvalue weighted by atomic mass is 35.5. The minimum absolute atomic E-state index is 0.0508. The molecule has 2 aromatic carbocycles. The van der Waals surface area contributed by atoms with E-state index in [1.54, 1.807) is 0 Å². The summed E-state index contributed by atoms with van der Waals surface area (Å²) in [7, 11) is 0. The minimum atomic E-state index is -0.447. The summed E-state index contributed by atoms with van der Waals surface area (Å²) in [4.78, 5) is 24.7. The number of fused-ring (bicyclic) bond motifs is 1. The Labute approximate surface area is 182 Å². The van der Waals surface area contributed by atoms with Crippen molar-refractivity contribution in [2.75, 3.05) is 6.61 Å². The number of hydrogen-bond acceptors (Lipinski definition) is 5. The molecule has 150 valence electrons. The van der Waals surface area contributed by atoms with Crippen molar-refractivity contribution >= 4 is 62.2 Å². The summed E-state index contributed by atoms with van der Waals surface area (Å²) >= 11 is 12.6. The number of benzene rings is 2. The number of thiocarbonyl (C=S) groups is 1. The lowest BCUT2D eigenvalue weighted by Gasteiger charge is -2.12. The van der Waals surface area contributed by atoms with Crippen LogP contribution in [0, 0.1) is 13.8 Å². The van der Waals surface area contributed by atoms with Gasteiger partial charge in [0.25, 0.3) is 11.8 Å². The molecule has 0 fully saturated rings. The van der Waals surface area contributed by atoms with Crippen LogP contribution in [0.5, 0.6) is 5.75 Å². The number of rotatable bonds is 4. The van der Waals surface area contributed by atoms with Gasteiger partial charge in [-0.25, -0.2) is 0 Å². The molecule has 0 bridgehead atoms. The third kappa shape index (κ3) is 5.23. The third-order valence-electron chi connectivity index (χ3n) is 3.99. The van der Waals surface area contributed by atoms with Gasteiger partial charge in [0.1, 0.15) is 10.6 Å². The first-order valence-corrected chi connectivity index (χ1v) is 10.2. The molecule has 1 aromatic heterocycles. The van der Waals surface area contributed by atoms with Crippen molar-refractivity contribution in [3.63, 3.8) is 0 Å². The standard InChI is InChI=1S/C20H18ClN3O3S2/c1-11-7-8-12(2)14(9-11)27-10-16(25)22-20(28)24-23-19(26)18-17(21)13-5-3-4-6-15(13)29-18/h3-9H,10H2,1-2H3,(H,23,26)(H2,22,24,25,28). The molecule has 29 heavy (non-hydrogen) atoms. The molecule has 3 N–H and O–H groups in total. The van der Waals surface area contributed by atoms with Crippen LogP contribution in [-0.4, -0.2) is 23.5 Å². The van der Waals surface area contributed by atoms with Crippen molar-refractivity contribution in [1.82, 2.24) is 16.2 Å². The van der Waals surface area contributed by atoms with Crippen LogP contribution in [0.25, 0.3) is 10.1 Å². The van der Waals surface area contributed by atoms with Crippen molar-refractivity contribution in [1.29, 1.82) is 0 Å². The molecule has 0 aliphatic rings. The maximum absolute atomic E-state index is 12.4. The molecule has 3 aromatic rings. The van der Waals surface area contributed by atoms with Gasteiger partial charge < -0.3 is 4.74 Å². The van der Waals surface area contributed by atoms with Crippen molar-refractivity contribution < 1.29 is 14.3 Å². The zero-order valence-electron chi connectivity index (χ0n) is 15.7. The minimum Gasteiger partial charge on any atom is -0.483 e. The Bertz CT molecular complexity index is 1100. The number of hydrazine groups is 1. The average molecular weight is 448 g/mol.